The van der Waals surface area contributed by atoms with E-state index in [2.05, 4.69) is 4.98 Å². The van der Waals surface area contributed by atoms with E-state index < -0.39 is 0 Å². The molecule has 0 saturated heterocycles. The highest BCUT2D eigenvalue weighted by atomic mass is 16.5. The summed E-state index contributed by atoms with van der Waals surface area (Å²) in [4.78, 5) is 15.9. The molecular weight excluding hydrogens is 230 g/mol. The Morgan fingerprint density at radius 2 is 2.06 bits per heavy atom. The van der Waals surface area contributed by atoms with Gasteiger partial charge in [-0.1, -0.05) is 6.92 Å². The van der Waals surface area contributed by atoms with Gasteiger partial charge in [-0.3, -0.25) is 9.78 Å². The van der Waals surface area contributed by atoms with Gasteiger partial charge in [-0.2, -0.15) is 0 Å². The van der Waals surface area contributed by atoms with Crippen molar-refractivity contribution in [3.8, 4) is 5.75 Å². The minimum atomic E-state index is -0.320. The summed E-state index contributed by atoms with van der Waals surface area (Å²) in [6, 6.07) is 1.71. The Balaban J connectivity index is 2.62. The highest BCUT2D eigenvalue weighted by Gasteiger charge is 2.14. The number of aromatic nitrogens is 1. The van der Waals surface area contributed by atoms with Crippen molar-refractivity contribution in [3.63, 3.8) is 0 Å². The number of hydrogen-bond donors (Lipinski definition) is 0. The van der Waals surface area contributed by atoms with Gasteiger partial charge in [0.25, 0.3) is 0 Å². The van der Waals surface area contributed by atoms with Crippen LogP contribution in [0.4, 0.5) is 0 Å². The molecule has 1 rings (SSSR count). The number of carbonyl (C=O) groups is 1. The standard InChI is InChI=1S/C14H21NO3/c1-5-6-17-12-7-11(8-15-9-12)13(16)10-18-14(2,3)4/h7-9H,5-6,10H2,1-4H3. The van der Waals surface area contributed by atoms with E-state index in [9.17, 15) is 4.79 Å². The van der Waals surface area contributed by atoms with Crippen LogP contribution in [0.5, 0.6) is 5.75 Å². The maximum Gasteiger partial charge on any atom is 0.190 e. The van der Waals surface area contributed by atoms with Crippen molar-refractivity contribution in [3.05, 3.63) is 24.0 Å². The Morgan fingerprint density at radius 3 is 2.67 bits per heavy atom. The molecule has 4 nitrogen and oxygen atoms in total. The Labute approximate surface area is 108 Å². The second-order valence-electron chi connectivity index (χ2n) is 5.08. The highest BCUT2D eigenvalue weighted by Crippen LogP contribution is 2.13. The molecule has 0 aromatic carbocycles. The van der Waals surface area contributed by atoms with E-state index in [-0.39, 0.29) is 18.0 Å². The van der Waals surface area contributed by atoms with Gasteiger partial charge in [0.15, 0.2) is 5.78 Å². The fourth-order valence-electron chi connectivity index (χ4n) is 1.24. The van der Waals surface area contributed by atoms with Gasteiger partial charge < -0.3 is 9.47 Å². The van der Waals surface area contributed by atoms with E-state index in [1.54, 1.807) is 12.3 Å². The molecule has 100 valence electrons. The van der Waals surface area contributed by atoms with Gasteiger partial charge in [-0.05, 0) is 33.3 Å². The van der Waals surface area contributed by atoms with E-state index in [1.807, 2.05) is 27.7 Å². The summed E-state index contributed by atoms with van der Waals surface area (Å²) < 4.78 is 10.9. The predicted molar refractivity (Wildman–Crippen MR) is 70.1 cm³/mol. The summed E-state index contributed by atoms with van der Waals surface area (Å²) in [6.07, 6.45) is 4.07. The van der Waals surface area contributed by atoms with E-state index in [0.29, 0.717) is 17.9 Å². The summed E-state index contributed by atoms with van der Waals surface area (Å²) >= 11 is 0. The summed E-state index contributed by atoms with van der Waals surface area (Å²) in [5, 5.41) is 0. The van der Waals surface area contributed by atoms with Crippen LogP contribution in [0.3, 0.4) is 0 Å². The molecule has 0 fully saturated rings. The van der Waals surface area contributed by atoms with Gasteiger partial charge >= 0.3 is 0 Å². The largest absolute Gasteiger partial charge is 0.492 e. The average molecular weight is 251 g/mol. The van der Waals surface area contributed by atoms with Gasteiger partial charge in [0.2, 0.25) is 0 Å². The van der Waals surface area contributed by atoms with Gasteiger partial charge in [0.05, 0.1) is 18.4 Å². The first-order valence-electron chi connectivity index (χ1n) is 6.17. The lowest BCUT2D eigenvalue weighted by molar-refractivity contribution is 0.00304. The Morgan fingerprint density at radius 1 is 1.33 bits per heavy atom. The van der Waals surface area contributed by atoms with Crippen molar-refractivity contribution in [2.24, 2.45) is 0 Å². The maximum absolute atomic E-state index is 11.9. The summed E-state index contributed by atoms with van der Waals surface area (Å²) in [7, 11) is 0. The topological polar surface area (TPSA) is 48.4 Å². The van der Waals surface area contributed by atoms with Crippen LogP contribution in [0.2, 0.25) is 0 Å². The molecule has 0 aliphatic carbocycles. The Bertz CT molecular complexity index is 396. The fraction of sp³-hybridized carbons (Fsp3) is 0.571. The van der Waals surface area contributed by atoms with Crippen molar-refractivity contribution < 1.29 is 14.3 Å². The van der Waals surface area contributed by atoms with Crippen LogP contribution in [-0.4, -0.2) is 29.6 Å². The third-order valence-electron chi connectivity index (χ3n) is 2.14. The lowest BCUT2D eigenvalue weighted by Gasteiger charge is -2.18. The monoisotopic (exact) mass is 251 g/mol. The smallest absolute Gasteiger partial charge is 0.190 e. The predicted octanol–water partition coefficient (Wildman–Crippen LogP) is 2.87. The van der Waals surface area contributed by atoms with Crippen LogP contribution < -0.4 is 4.74 Å². The molecule has 0 unspecified atom stereocenters. The lowest BCUT2D eigenvalue weighted by Crippen LogP contribution is -2.23. The van der Waals surface area contributed by atoms with Crippen molar-refractivity contribution in [1.82, 2.24) is 4.98 Å². The van der Waals surface area contributed by atoms with Crippen LogP contribution in [0.15, 0.2) is 18.5 Å². The maximum atomic E-state index is 11.9. The SMILES string of the molecule is CCCOc1cncc(C(=O)COC(C)(C)C)c1. The van der Waals surface area contributed by atoms with Crippen molar-refractivity contribution >= 4 is 5.78 Å². The highest BCUT2D eigenvalue weighted by molar-refractivity contribution is 5.97. The second-order valence-corrected chi connectivity index (χ2v) is 5.08. The number of rotatable bonds is 6. The number of nitrogens with zero attached hydrogens (tertiary/aromatic N) is 1. The second kappa shape index (κ2) is 6.50. The molecule has 1 heterocycles. The molecule has 0 saturated carbocycles. The summed E-state index contributed by atoms with van der Waals surface area (Å²) in [5.74, 6) is 0.540. The van der Waals surface area contributed by atoms with Crippen LogP contribution >= 0.6 is 0 Å². The molecule has 0 radical (unpaired) electrons. The molecule has 1 aromatic rings. The normalized spacial score (nSPS) is 11.3. The summed E-state index contributed by atoms with van der Waals surface area (Å²) in [5.41, 5.74) is 0.201. The molecular formula is C14H21NO3. The number of Topliss-reactive ketones (excluding diaryl/α,β-unsaturated/α-hetero) is 1. The third kappa shape index (κ3) is 5.27. The Hall–Kier alpha value is -1.42. The molecule has 0 amide bonds. The first-order valence-corrected chi connectivity index (χ1v) is 6.17. The van der Waals surface area contributed by atoms with E-state index in [1.165, 1.54) is 6.20 Å². The zero-order valence-electron chi connectivity index (χ0n) is 11.5. The van der Waals surface area contributed by atoms with E-state index in [4.69, 9.17) is 9.47 Å². The van der Waals surface area contributed by atoms with Gasteiger partial charge in [0.1, 0.15) is 12.4 Å². The Kier molecular flexibility index (Phi) is 5.28. The molecule has 0 aliphatic rings. The lowest BCUT2D eigenvalue weighted by atomic mass is 10.1. The third-order valence-corrected chi connectivity index (χ3v) is 2.14. The zero-order chi connectivity index (χ0) is 13.6. The number of ether oxygens (including phenoxy) is 2. The minimum absolute atomic E-state index is 0.0579. The number of hydrogen-bond acceptors (Lipinski definition) is 4. The van der Waals surface area contributed by atoms with E-state index in [0.717, 1.165) is 6.42 Å². The van der Waals surface area contributed by atoms with Crippen molar-refractivity contribution in [2.75, 3.05) is 13.2 Å². The molecule has 0 atom stereocenters. The zero-order valence-corrected chi connectivity index (χ0v) is 11.5. The van der Waals surface area contributed by atoms with Gasteiger partial charge in [-0.15, -0.1) is 0 Å². The van der Waals surface area contributed by atoms with Crippen LogP contribution in [0, 0.1) is 0 Å². The van der Waals surface area contributed by atoms with Gasteiger partial charge in [0, 0.05) is 11.8 Å². The minimum Gasteiger partial charge on any atom is -0.492 e. The molecule has 0 N–H and O–H groups in total. The van der Waals surface area contributed by atoms with Crippen LogP contribution in [-0.2, 0) is 4.74 Å². The first kappa shape index (κ1) is 14.6. The van der Waals surface area contributed by atoms with Crippen molar-refractivity contribution in [1.29, 1.82) is 0 Å². The fourth-order valence-corrected chi connectivity index (χ4v) is 1.24. The average Bonchev–Trinajstić information content (AvgIpc) is 2.33. The molecule has 0 spiro atoms. The van der Waals surface area contributed by atoms with Crippen LogP contribution in [0.1, 0.15) is 44.5 Å². The molecule has 0 aliphatic heterocycles. The molecule has 1 aromatic heterocycles. The number of ketones is 1. The molecule has 0 bridgehead atoms. The quantitative estimate of drug-likeness (QED) is 0.729. The first-order chi connectivity index (χ1) is 8.42. The number of pyridine rings is 1. The molecule has 4 heteroatoms. The molecule has 18 heavy (non-hydrogen) atoms. The van der Waals surface area contributed by atoms with Crippen LogP contribution in [0.25, 0.3) is 0 Å². The van der Waals surface area contributed by atoms with E-state index >= 15 is 0 Å². The van der Waals surface area contributed by atoms with Crippen molar-refractivity contribution in [2.45, 2.75) is 39.7 Å². The van der Waals surface area contributed by atoms with Gasteiger partial charge in [-0.25, -0.2) is 0 Å². The summed E-state index contributed by atoms with van der Waals surface area (Å²) in [6.45, 7) is 8.46. The number of carbonyl (C=O) groups excluding carboxylic acids is 1.